The molecule has 0 bridgehead atoms. The first kappa shape index (κ1) is 7.75. The average Bonchev–Trinajstić information content (AvgIpc) is 2.36. The number of alkyl halides is 1. The van der Waals surface area contributed by atoms with E-state index in [0.29, 0.717) is 0 Å². The van der Waals surface area contributed by atoms with Gasteiger partial charge in [-0.3, -0.25) is 4.79 Å². The highest BCUT2D eigenvalue weighted by atomic mass is 79.9. The van der Waals surface area contributed by atoms with E-state index in [-0.39, 0.29) is 0 Å². The third-order valence-corrected chi connectivity index (χ3v) is 2.67. The van der Waals surface area contributed by atoms with Crippen molar-refractivity contribution in [2.24, 2.45) is 0 Å². The number of rotatable bonds is 2. The molecule has 54 valence electrons. The fourth-order valence-electron chi connectivity index (χ4n) is 0.562. The SMILES string of the molecule is O=C(O)[C@H](Br)c1ccsc1. The van der Waals surface area contributed by atoms with Crippen LogP contribution in [-0.2, 0) is 4.79 Å². The first-order chi connectivity index (χ1) is 4.72. The van der Waals surface area contributed by atoms with Crippen molar-refractivity contribution in [1.82, 2.24) is 0 Å². The molecule has 1 aromatic rings. The Morgan fingerprint density at radius 3 is 2.90 bits per heavy atom. The highest BCUT2D eigenvalue weighted by molar-refractivity contribution is 9.09. The van der Waals surface area contributed by atoms with Gasteiger partial charge in [-0.05, 0) is 22.4 Å². The summed E-state index contributed by atoms with van der Waals surface area (Å²) >= 11 is 4.53. The van der Waals surface area contributed by atoms with Gasteiger partial charge in [0, 0.05) is 0 Å². The highest BCUT2D eigenvalue weighted by Gasteiger charge is 2.14. The molecular weight excluding hydrogens is 216 g/mol. The summed E-state index contributed by atoms with van der Waals surface area (Å²) in [5, 5.41) is 12.2. The summed E-state index contributed by atoms with van der Waals surface area (Å²) in [4.78, 5) is 9.80. The lowest BCUT2D eigenvalue weighted by atomic mass is 10.2. The van der Waals surface area contributed by atoms with Gasteiger partial charge in [0.15, 0.2) is 0 Å². The van der Waals surface area contributed by atoms with E-state index in [1.807, 2.05) is 10.8 Å². The van der Waals surface area contributed by atoms with Crippen molar-refractivity contribution in [3.63, 3.8) is 0 Å². The smallest absolute Gasteiger partial charge is 0.321 e. The van der Waals surface area contributed by atoms with Gasteiger partial charge in [0.25, 0.3) is 0 Å². The van der Waals surface area contributed by atoms with Crippen LogP contribution in [0.3, 0.4) is 0 Å². The molecule has 0 spiro atoms. The molecule has 0 radical (unpaired) electrons. The topological polar surface area (TPSA) is 37.3 Å². The van der Waals surface area contributed by atoms with E-state index in [4.69, 9.17) is 5.11 Å². The molecule has 0 aromatic carbocycles. The van der Waals surface area contributed by atoms with Crippen LogP contribution in [0.25, 0.3) is 0 Å². The van der Waals surface area contributed by atoms with Crippen LogP contribution in [0.5, 0.6) is 0 Å². The molecule has 1 atom stereocenters. The third-order valence-electron chi connectivity index (χ3n) is 1.05. The number of hydrogen-bond acceptors (Lipinski definition) is 2. The molecule has 2 nitrogen and oxygen atoms in total. The van der Waals surface area contributed by atoms with Gasteiger partial charge < -0.3 is 5.11 Å². The van der Waals surface area contributed by atoms with Crippen LogP contribution in [0.15, 0.2) is 16.8 Å². The summed E-state index contributed by atoms with van der Waals surface area (Å²) in [7, 11) is 0. The molecule has 0 aliphatic heterocycles. The van der Waals surface area contributed by atoms with Crippen LogP contribution < -0.4 is 0 Å². The Morgan fingerprint density at radius 1 is 1.80 bits per heavy atom. The maximum atomic E-state index is 10.4. The standard InChI is InChI=1S/C6H5BrO2S/c7-5(6(8)9)4-1-2-10-3-4/h1-3,5H,(H,8,9)/t5-/m1/s1. The van der Waals surface area contributed by atoms with Gasteiger partial charge in [0.05, 0.1) is 0 Å². The fourth-order valence-corrected chi connectivity index (χ4v) is 1.71. The first-order valence-corrected chi connectivity index (χ1v) is 4.46. The maximum absolute atomic E-state index is 10.4. The summed E-state index contributed by atoms with van der Waals surface area (Å²) in [5.41, 5.74) is 0.803. The van der Waals surface area contributed by atoms with E-state index in [9.17, 15) is 4.79 Å². The third kappa shape index (κ3) is 1.58. The number of carboxylic acid groups (broad SMARTS) is 1. The summed E-state index contributed by atoms with van der Waals surface area (Å²) in [6.45, 7) is 0. The van der Waals surface area contributed by atoms with Gasteiger partial charge >= 0.3 is 5.97 Å². The second-order valence-corrected chi connectivity index (χ2v) is 3.45. The molecule has 0 aliphatic rings. The van der Waals surface area contributed by atoms with Gasteiger partial charge in [0.1, 0.15) is 4.83 Å². The molecule has 1 rings (SSSR count). The Labute approximate surface area is 70.6 Å². The summed E-state index contributed by atoms with van der Waals surface area (Å²) in [6.07, 6.45) is 0. The van der Waals surface area contributed by atoms with Crippen LogP contribution in [0.1, 0.15) is 10.4 Å². The Bertz CT molecular complexity index is 220. The van der Waals surface area contributed by atoms with Crippen LogP contribution in [-0.4, -0.2) is 11.1 Å². The minimum Gasteiger partial charge on any atom is -0.480 e. The van der Waals surface area contributed by atoms with Crippen LogP contribution in [0.2, 0.25) is 0 Å². The van der Waals surface area contributed by atoms with E-state index in [1.54, 1.807) is 6.07 Å². The molecule has 1 heterocycles. The largest absolute Gasteiger partial charge is 0.480 e. The van der Waals surface area contributed by atoms with E-state index in [2.05, 4.69) is 15.9 Å². The predicted octanol–water partition coefficient (Wildman–Crippen LogP) is 2.27. The van der Waals surface area contributed by atoms with E-state index in [0.717, 1.165) is 5.56 Å². The van der Waals surface area contributed by atoms with Crippen LogP contribution in [0, 0.1) is 0 Å². The molecule has 0 aliphatic carbocycles. The summed E-state index contributed by atoms with van der Waals surface area (Å²) in [6, 6.07) is 1.79. The Hall–Kier alpha value is -0.350. The normalized spacial score (nSPS) is 12.9. The lowest BCUT2D eigenvalue weighted by molar-refractivity contribution is -0.136. The van der Waals surface area contributed by atoms with Gasteiger partial charge in [0.2, 0.25) is 0 Å². The number of hydrogen-bond donors (Lipinski definition) is 1. The average molecular weight is 221 g/mol. The molecule has 0 unspecified atom stereocenters. The molecule has 1 N–H and O–H groups in total. The van der Waals surface area contributed by atoms with Crippen molar-refractivity contribution >= 4 is 33.2 Å². The van der Waals surface area contributed by atoms with E-state index >= 15 is 0 Å². The second-order valence-electron chi connectivity index (χ2n) is 1.76. The molecule has 0 amide bonds. The lowest BCUT2D eigenvalue weighted by Crippen LogP contribution is -2.02. The zero-order valence-electron chi connectivity index (χ0n) is 4.95. The Morgan fingerprint density at radius 2 is 2.50 bits per heavy atom. The summed E-state index contributed by atoms with van der Waals surface area (Å²) < 4.78 is 0. The highest BCUT2D eigenvalue weighted by Crippen LogP contribution is 2.24. The molecule has 0 saturated heterocycles. The minimum absolute atomic E-state index is 0.557. The Balaban J connectivity index is 2.77. The lowest BCUT2D eigenvalue weighted by Gasteiger charge is -1.98. The number of carbonyl (C=O) groups is 1. The van der Waals surface area contributed by atoms with Gasteiger partial charge in [-0.1, -0.05) is 15.9 Å². The number of carboxylic acids is 1. The molecule has 10 heavy (non-hydrogen) atoms. The van der Waals surface area contributed by atoms with Crippen molar-refractivity contribution in [3.05, 3.63) is 22.4 Å². The first-order valence-electron chi connectivity index (χ1n) is 2.61. The molecule has 0 fully saturated rings. The van der Waals surface area contributed by atoms with Crippen molar-refractivity contribution in [1.29, 1.82) is 0 Å². The Kier molecular flexibility index (Phi) is 2.45. The van der Waals surface area contributed by atoms with Crippen molar-refractivity contribution in [3.8, 4) is 0 Å². The van der Waals surface area contributed by atoms with Crippen LogP contribution >= 0.6 is 27.3 Å². The summed E-state index contributed by atoms with van der Waals surface area (Å²) in [5.74, 6) is -0.849. The van der Waals surface area contributed by atoms with Crippen molar-refractivity contribution in [2.45, 2.75) is 4.83 Å². The quantitative estimate of drug-likeness (QED) is 0.777. The monoisotopic (exact) mass is 220 g/mol. The van der Waals surface area contributed by atoms with Crippen molar-refractivity contribution in [2.75, 3.05) is 0 Å². The molecule has 0 saturated carbocycles. The number of aliphatic carboxylic acids is 1. The molecule has 4 heteroatoms. The minimum atomic E-state index is -0.849. The van der Waals surface area contributed by atoms with Gasteiger partial charge in [-0.15, -0.1) is 0 Å². The van der Waals surface area contributed by atoms with E-state index in [1.165, 1.54) is 11.3 Å². The maximum Gasteiger partial charge on any atom is 0.321 e. The molecule has 1 aromatic heterocycles. The van der Waals surface area contributed by atoms with Crippen LogP contribution in [0.4, 0.5) is 0 Å². The number of halogens is 1. The zero-order chi connectivity index (χ0) is 7.56. The number of thiophene rings is 1. The van der Waals surface area contributed by atoms with Gasteiger partial charge in [-0.2, -0.15) is 11.3 Å². The zero-order valence-corrected chi connectivity index (χ0v) is 7.35. The predicted molar refractivity (Wildman–Crippen MR) is 43.6 cm³/mol. The van der Waals surface area contributed by atoms with Crippen molar-refractivity contribution < 1.29 is 9.90 Å². The van der Waals surface area contributed by atoms with E-state index < -0.39 is 10.8 Å². The molecular formula is C6H5BrO2S. The van der Waals surface area contributed by atoms with Gasteiger partial charge in [-0.25, -0.2) is 0 Å². The second kappa shape index (κ2) is 3.16. The fraction of sp³-hybridized carbons (Fsp3) is 0.167.